The largest absolute Gasteiger partial charge is 0.365 e. The van der Waals surface area contributed by atoms with Crippen molar-refractivity contribution in [2.75, 3.05) is 10.6 Å². The number of hydrogen-bond acceptors (Lipinski definition) is 3. The van der Waals surface area contributed by atoms with Gasteiger partial charge in [0.05, 0.1) is 0 Å². The molecule has 0 aliphatic rings. The Balaban J connectivity index is 1.64. The van der Waals surface area contributed by atoms with Crippen LogP contribution in [0.1, 0.15) is 20.7 Å². The summed E-state index contributed by atoms with van der Waals surface area (Å²) in [5, 5.41) is 5.56. The van der Waals surface area contributed by atoms with E-state index in [1.807, 2.05) is 6.07 Å². The first-order valence-corrected chi connectivity index (χ1v) is 8.56. The van der Waals surface area contributed by atoms with E-state index in [2.05, 4.69) is 10.6 Å². The number of nitrogens with one attached hydrogen (secondary N) is 2. The number of anilines is 2. The summed E-state index contributed by atoms with van der Waals surface area (Å²) >= 11 is 0. The van der Waals surface area contributed by atoms with Gasteiger partial charge in [-0.05, 0) is 36.4 Å². The molecule has 0 spiro atoms. The topological polar surface area (TPSA) is 105 Å². The van der Waals surface area contributed by atoms with Gasteiger partial charge in [0.2, 0.25) is 6.54 Å². The van der Waals surface area contributed by atoms with E-state index in [0.717, 1.165) is 0 Å². The molecule has 4 N–H and O–H groups in total. The number of hydrogen-bond donors (Lipinski definition) is 3. The second-order valence-electron chi connectivity index (χ2n) is 6.08. The molecule has 28 heavy (non-hydrogen) atoms. The first-order valence-electron chi connectivity index (χ1n) is 8.56. The van der Waals surface area contributed by atoms with Gasteiger partial charge in [0.1, 0.15) is 5.56 Å². The van der Waals surface area contributed by atoms with Crippen molar-refractivity contribution in [1.29, 1.82) is 0 Å². The van der Waals surface area contributed by atoms with Crippen LogP contribution in [0.4, 0.5) is 11.4 Å². The number of nitrogens with zero attached hydrogens (tertiary/aromatic N) is 1. The molecule has 0 radical (unpaired) electrons. The minimum absolute atomic E-state index is 0.0156. The molecule has 0 aliphatic heterocycles. The standard InChI is InChI=1S/C21H18N4O3/c22-20(27)16-8-5-11-25(13-16)14-19(26)23-17-9-4-10-18(12-17)24-21(28)15-6-2-1-3-7-15/h1-13H,14H2,(H3-,22,23,24,26,27,28)/p+1. The van der Waals surface area contributed by atoms with Crippen molar-refractivity contribution in [3.8, 4) is 0 Å². The third-order valence-electron chi connectivity index (χ3n) is 3.91. The van der Waals surface area contributed by atoms with Crippen LogP contribution < -0.4 is 20.9 Å². The van der Waals surface area contributed by atoms with Crippen molar-refractivity contribution >= 4 is 29.1 Å². The number of pyridine rings is 1. The summed E-state index contributed by atoms with van der Waals surface area (Å²) in [5.41, 5.74) is 7.22. The van der Waals surface area contributed by atoms with E-state index in [4.69, 9.17) is 5.73 Å². The fourth-order valence-corrected chi connectivity index (χ4v) is 2.60. The third kappa shape index (κ3) is 5.01. The maximum absolute atomic E-state index is 12.3. The molecule has 1 aromatic heterocycles. The van der Waals surface area contributed by atoms with Crippen LogP contribution in [0.25, 0.3) is 0 Å². The van der Waals surface area contributed by atoms with Gasteiger partial charge >= 0.3 is 0 Å². The van der Waals surface area contributed by atoms with E-state index in [-0.39, 0.29) is 18.4 Å². The monoisotopic (exact) mass is 375 g/mol. The van der Waals surface area contributed by atoms with Crippen LogP contribution in [0.2, 0.25) is 0 Å². The quantitative estimate of drug-likeness (QED) is 0.574. The van der Waals surface area contributed by atoms with E-state index in [0.29, 0.717) is 22.5 Å². The molecule has 7 nitrogen and oxygen atoms in total. The maximum atomic E-state index is 12.3. The minimum atomic E-state index is -0.559. The number of carbonyl (C=O) groups is 3. The predicted octanol–water partition coefficient (Wildman–Crippen LogP) is 1.96. The van der Waals surface area contributed by atoms with Crippen LogP contribution in [0.15, 0.2) is 79.1 Å². The molecule has 0 saturated heterocycles. The second kappa shape index (κ2) is 8.59. The number of carbonyl (C=O) groups excluding carboxylic acids is 3. The van der Waals surface area contributed by atoms with Gasteiger partial charge in [-0.1, -0.05) is 24.3 Å². The van der Waals surface area contributed by atoms with Crippen molar-refractivity contribution < 1.29 is 19.0 Å². The molecule has 0 aliphatic carbocycles. The summed E-state index contributed by atoms with van der Waals surface area (Å²) < 4.78 is 1.57. The highest BCUT2D eigenvalue weighted by molar-refractivity contribution is 6.04. The molecule has 3 rings (SSSR count). The molecule has 1 heterocycles. The molecule has 0 fully saturated rings. The van der Waals surface area contributed by atoms with Crippen LogP contribution >= 0.6 is 0 Å². The number of benzene rings is 2. The lowest BCUT2D eigenvalue weighted by Gasteiger charge is -2.08. The molecule has 140 valence electrons. The van der Waals surface area contributed by atoms with Gasteiger partial charge in [-0.25, -0.2) is 0 Å². The lowest BCUT2D eigenvalue weighted by molar-refractivity contribution is -0.684. The normalized spacial score (nSPS) is 10.1. The Kier molecular flexibility index (Phi) is 5.76. The SMILES string of the molecule is NC(=O)c1ccc[n+](CC(=O)Nc2cccc(NC(=O)c3ccccc3)c2)c1. The van der Waals surface area contributed by atoms with Gasteiger partial charge in [0.25, 0.3) is 17.7 Å². The lowest BCUT2D eigenvalue weighted by atomic mass is 10.2. The van der Waals surface area contributed by atoms with Gasteiger partial charge in [-0.2, -0.15) is 4.57 Å². The first kappa shape index (κ1) is 18.8. The second-order valence-corrected chi connectivity index (χ2v) is 6.08. The molecule has 2 aromatic carbocycles. The van der Waals surface area contributed by atoms with E-state index in [1.165, 1.54) is 6.20 Å². The smallest absolute Gasteiger partial charge is 0.290 e. The number of rotatable bonds is 6. The van der Waals surface area contributed by atoms with E-state index in [1.54, 1.807) is 71.4 Å². The minimum Gasteiger partial charge on any atom is -0.365 e. The zero-order valence-electron chi connectivity index (χ0n) is 15.0. The van der Waals surface area contributed by atoms with Gasteiger partial charge in [-0.3, -0.25) is 14.4 Å². The number of aromatic nitrogens is 1. The van der Waals surface area contributed by atoms with Gasteiger partial charge in [-0.15, -0.1) is 0 Å². The molecule has 0 atom stereocenters. The van der Waals surface area contributed by atoms with Gasteiger partial charge in [0.15, 0.2) is 12.4 Å². The Bertz CT molecular complexity index is 1020. The Morgan fingerprint density at radius 3 is 2.21 bits per heavy atom. The molecule has 3 aromatic rings. The van der Waals surface area contributed by atoms with Crippen molar-refractivity contribution in [3.05, 3.63) is 90.3 Å². The molecular formula is C21H19N4O3+. The summed E-state index contributed by atoms with van der Waals surface area (Å²) in [5.74, 6) is -1.07. The van der Waals surface area contributed by atoms with E-state index >= 15 is 0 Å². The fraction of sp³-hybridized carbons (Fsp3) is 0.0476. The molecular weight excluding hydrogens is 356 g/mol. The average Bonchev–Trinajstić information content (AvgIpc) is 2.69. The highest BCUT2D eigenvalue weighted by Gasteiger charge is 2.13. The summed E-state index contributed by atoms with van der Waals surface area (Å²) in [6.45, 7) is 0.0156. The Labute approximate surface area is 161 Å². The van der Waals surface area contributed by atoms with Crippen LogP contribution in [0.5, 0.6) is 0 Å². The van der Waals surface area contributed by atoms with Crippen molar-refractivity contribution in [1.82, 2.24) is 0 Å². The number of primary amides is 1. The maximum Gasteiger partial charge on any atom is 0.290 e. The fourth-order valence-electron chi connectivity index (χ4n) is 2.60. The van der Waals surface area contributed by atoms with Crippen molar-refractivity contribution in [2.24, 2.45) is 5.73 Å². The van der Waals surface area contributed by atoms with Crippen molar-refractivity contribution in [2.45, 2.75) is 6.54 Å². The zero-order valence-corrected chi connectivity index (χ0v) is 15.0. The molecule has 0 bridgehead atoms. The van der Waals surface area contributed by atoms with E-state index in [9.17, 15) is 14.4 Å². The van der Waals surface area contributed by atoms with Crippen LogP contribution in [0.3, 0.4) is 0 Å². The summed E-state index contributed by atoms with van der Waals surface area (Å²) in [6.07, 6.45) is 3.18. The Morgan fingerprint density at radius 2 is 1.50 bits per heavy atom. The highest BCUT2D eigenvalue weighted by atomic mass is 16.2. The third-order valence-corrected chi connectivity index (χ3v) is 3.91. The lowest BCUT2D eigenvalue weighted by Crippen LogP contribution is -2.40. The summed E-state index contributed by atoms with van der Waals surface area (Å²) in [4.78, 5) is 35.8. The molecule has 0 unspecified atom stereocenters. The highest BCUT2D eigenvalue weighted by Crippen LogP contribution is 2.16. The van der Waals surface area contributed by atoms with Crippen LogP contribution in [-0.4, -0.2) is 17.7 Å². The van der Waals surface area contributed by atoms with Crippen LogP contribution in [0, 0.1) is 0 Å². The number of amides is 3. The molecule has 0 saturated carbocycles. The van der Waals surface area contributed by atoms with Gasteiger partial charge in [0, 0.05) is 23.0 Å². The average molecular weight is 375 g/mol. The first-order chi connectivity index (χ1) is 13.5. The van der Waals surface area contributed by atoms with Crippen LogP contribution in [-0.2, 0) is 11.3 Å². The van der Waals surface area contributed by atoms with Gasteiger partial charge < -0.3 is 16.4 Å². The van der Waals surface area contributed by atoms with Crippen molar-refractivity contribution in [3.63, 3.8) is 0 Å². The molecule has 3 amide bonds. The predicted molar refractivity (Wildman–Crippen MR) is 105 cm³/mol. The Hall–Kier alpha value is -4.00. The van der Waals surface area contributed by atoms with E-state index < -0.39 is 5.91 Å². The number of nitrogens with two attached hydrogens (primary N) is 1. The Morgan fingerprint density at radius 1 is 0.821 bits per heavy atom. The summed E-state index contributed by atoms with van der Waals surface area (Å²) in [6, 6.07) is 18.9. The zero-order chi connectivity index (χ0) is 19.9. The molecule has 7 heteroatoms. The summed E-state index contributed by atoms with van der Waals surface area (Å²) in [7, 11) is 0.